The number of hydrogen-bond acceptors (Lipinski definition) is 5. The molecule has 2 fully saturated rings. The second-order valence-corrected chi connectivity index (χ2v) is 9.04. The van der Waals surface area contributed by atoms with E-state index in [2.05, 4.69) is 9.80 Å². The highest BCUT2D eigenvalue weighted by atomic mass is 19.1. The minimum Gasteiger partial charge on any atom is -0.481 e. The lowest BCUT2D eigenvalue weighted by Gasteiger charge is -2.44. The van der Waals surface area contributed by atoms with Crippen molar-refractivity contribution in [3.8, 4) is 0 Å². The molecule has 1 unspecified atom stereocenters. The fourth-order valence-electron chi connectivity index (χ4n) is 4.71. The molecule has 30 heavy (non-hydrogen) atoms. The van der Waals surface area contributed by atoms with Gasteiger partial charge in [-0.1, -0.05) is 12.1 Å². The average Bonchev–Trinajstić information content (AvgIpc) is 2.72. The highest BCUT2D eigenvalue weighted by molar-refractivity contribution is 6.01. The maximum absolute atomic E-state index is 14.1. The molecule has 2 saturated heterocycles. The number of ketones is 1. The van der Waals surface area contributed by atoms with E-state index in [9.17, 15) is 14.0 Å². The van der Waals surface area contributed by atoms with E-state index in [4.69, 9.17) is 4.74 Å². The number of ether oxygens (including phenoxy) is 1. The van der Waals surface area contributed by atoms with Crippen LogP contribution in [0.2, 0.25) is 0 Å². The SMILES string of the molecule is CC1(C)CC(=O)C=C(C(=O)N2CCCC(N3CCN(c4ccccc4F)CC3)C2)O1. The number of nitrogens with zero attached hydrogens (tertiary/aromatic N) is 3. The number of likely N-dealkylation sites (tertiary alicyclic amines) is 1. The van der Waals surface area contributed by atoms with Gasteiger partial charge >= 0.3 is 0 Å². The highest BCUT2D eigenvalue weighted by Crippen LogP contribution is 2.28. The number of rotatable bonds is 3. The summed E-state index contributed by atoms with van der Waals surface area (Å²) >= 11 is 0. The van der Waals surface area contributed by atoms with Gasteiger partial charge in [-0.3, -0.25) is 14.5 Å². The quantitative estimate of drug-likeness (QED) is 0.760. The van der Waals surface area contributed by atoms with Crippen LogP contribution in [0.5, 0.6) is 0 Å². The van der Waals surface area contributed by atoms with Crippen LogP contribution in [-0.4, -0.2) is 72.4 Å². The van der Waals surface area contributed by atoms with Crippen molar-refractivity contribution in [1.29, 1.82) is 0 Å². The van der Waals surface area contributed by atoms with Crippen LogP contribution in [0.15, 0.2) is 36.1 Å². The van der Waals surface area contributed by atoms with Gasteiger partial charge in [0.05, 0.1) is 5.69 Å². The van der Waals surface area contributed by atoms with Gasteiger partial charge in [0.15, 0.2) is 11.5 Å². The molecule has 1 aromatic carbocycles. The van der Waals surface area contributed by atoms with Gasteiger partial charge in [0.2, 0.25) is 0 Å². The molecular weight excluding hydrogens is 385 g/mol. The zero-order chi connectivity index (χ0) is 21.3. The molecule has 3 aliphatic rings. The molecular formula is C23H30FN3O3. The molecule has 3 aliphatic heterocycles. The lowest BCUT2D eigenvalue weighted by atomic mass is 9.97. The summed E-state index contributed by atoms with van der Waals surface area (Å²) in [6.45, 7) is 8.19. The standard InChI is InChI=1S/C23H30FN3O3/c1-23(2)15-18(28)14-21(30-23)22(29)27-9-5-6-17(16-27)25-10-12-26(13-11-25)20-8-4-3-7-19(20)24/h3-4,7-8,14,17H,5-6,9-13,15-16H2,1-2H3. The number of halogens is 1. The molecule has 162 valence electrons. The first-order chi connectivity index (χ1) is 14.3. The third-order valence-electron chi connectivity index (χ3n) is 6.20. The zero-order valence-corrected chi connectivity index (χ0v) is 17.8. The Morgan fingerprint density at radius 1 is 1.13 bits per heavy atom. The van der Waals surface area contributed by atoms with Crippen molar-refractivity contribution in [2.75, 3.05) is 44.2 Å². The Hall–Kier alpha value is -2.41. The van der Waals surface area contributed by atoms with Gasteiger partial charge in [0.1, 0.15) is 11.4 Å². The Balaban J connectivity index is 1.36. The maximum Gasteiger partial charge on any atom is 0.289 e. The second-order valence-electron chi connectivity index (χ2n) is 9.04. The summed E-state index contributed by atoms with van der Waals surface area (Å²) in [6.07, 6.45) is 3.60. The van der Waals surface area contributed by atoms with Gasteiger partial charge in [-0.2, -0.15) is 0 Å². The van der Waals surface area contributed by atoms with Crippen LogP contribution in [0.3, 0.4) is 0 Å². The summed E-state index contributed by atoms with van der Waals surface area (Å²) in [6, 6.07) is 7.18. The van der Waals surface area contributed by atoms with E-state index >= 15 is 0 Å². The van der Waals surface area contributed by atoms with E-state index in [0.717, 1.165) is 39.0 Å². The molecule has 3 heterocycles. The zero-order valence-electron chi connectivity index (χ0n) is 17.8. The monoisotopic (exact) mass is 415 g/mol. The van der Waals surface area contributed by atoms with Crippen LogP contribution in [0, 0.1) is 5.82 Å². The van der Waals surface area contributed by atoms with Crippen molar-refractivity contribution in [3.05, 3.63) is 41.9 Å². The molecule has 0 bridgehead atoms. The van der Waals surface area contributed by atoms with Gasteiger partial charge < -0.3 is 14.5 Å². The lowest BCUT2D eigenvalue weighted by Crippen LogP contribution is -2.56. The predicted octanol–water partition coefficient (Wildman–Crippen LogP) is 2.59. The Labute approximate surface area is 177 Å². The number of allylic oxidation sites excluding steroid dienone is 1. The summed E-state index contributed by atoms with van der Waals surface area (Å²) in [5.41, 5.74) is 0.0148. The van der Waals surface area contributed by atoms with Crippen LogP contribution >= 0.6 is 0 Å². The molecule has 7 heteroatoms. The maximum atomic E-state index is 14.1. The molecule has 6 nitrogen and oxygen atoms in total. The lowest BCUT2D eigenvalue weighted by molar-refractivity contribution is -0.139. The van der Waals surface area contributed by atoms with E-state index in [1.807, 2.05) is 30.9 Å². The van der Waals surface area contributed by atoms with Gasteiger partial charge in [-0.15, -0.1) is 0 Å². The first-order valence-corrected chi connectivity index (χ1v) is 10.8. The fourth-order valence-corrected chi connectivity index (χ4v) is 4.71. The minimum absolute atomic E-state index is 0.0626. The Morgan fingerprint density at radius 2 is 1.87 bits per heavy atom. The molecule has 0 aromatic heterocycles. The fraction of sp³-hybridized carbons (Fsp3) is 0.565. The van der Waals surface area contributed by atoms with Crippen molar-refractivity contribution in [2.24, 2.45) is 0 Å². The number of para-hydroxylation sites is 1. The van der Waals surface area contributed by atoms with E-state index in [-0.39, 0.29) is 29.3 Å². The van der Waals surface area contributed by atoms with E-state index < -0.39 is 5.60 Å². The number of carbonyl (C=O) groups is 2. The predicted molar refractivity (Wildman–Crippen MR) is 113 cm³/mol. The van der Waals surface area contributed by atoms with Gasteiger partial charge in [-0.05, 0) is 38.8 Å². The first kappa shape index (κ1) is 20.8. The van der Waals surface area contributed by atoms with Crippen LogP contribution in [0.4, 0.5) is 10.1 Å². The number of amides is 1. The number of carbonyl (C=O) groups excluding carboxylic acids is 2. The Morgan fingerprint density at radius 3 is 2.57 bits per heavy atom. The van der Waals surface area contributed by atoms with Crippen LogP contribution in [0.1, 0.15) is 33.1 Å². The second kappa shape index (κ2) is 8.38. The average molecular weight is 416 g/mol. The summed E-state index contributed by atoms with van der Waals surface area (Å²) in [5.74, 6) is -0.266. The third kappa shape index (κ3) is 4.51. The van der Waals surface area contributed by atoms with Crippen molar-refractivity contribution in [1.82, 2.24) is 9.80 Å². The van der Waals surface area contributed by atoms with E-state index in [0.29, 0.717) is 25.2 Å². The van der Waals surface area contributed by atoms with Crippen LogP contribution < -0.4 is 4.90 Å². The van der Waals surface area contributed by atoms with E-state index in [1.54, 1.807) is 6.07 Å². The molecule has 4 rings (SSSR count). The molecule has 0 aliphatic carbocycles. The largest absolute Gasteiger partial charge is 0.481 e. The molecule has 0 saturated carbocycles. The highest BCUT2D eigenvalue weighted by Gasteiger charge is 2.36. The Kier molecular flexibility index (Phi) is 5.82. The smallest absolute Gasteiger partial charge is 0.289 e. The summed E-state index contributed by atoms with van der Waals surface area (Å²) in [7, 11) is 0. The summed E-state index contributed by atoms with van der Waals surface area (Å²) in [5, 5.41) is 0. The van der Waals surface area contributed by atoms with Crippen LogP contribution in [-0.2, 0) is 14.3 Å². The van der Waals surface area contributed by atoms with Gasteiger partial charge in [0.25, 0.3) is 5.91 Å². The molecule has 1 aromatic rings. The Bertz CT molecular complexity index is 846. The normalized spacial score (nSPS) is 25.0. The molecule has 0 spiro atoms. The van der Waals surface area contributed by atoms with Gasteiger partial charge in [0, 0.05) is 57.8 Å². The molecule has 0 N–H and O–H groups in total. The van der Waals surface area contributed by atoms with Crippen molar-refractivity contribution < 1.29 is 18.7 Å². The van der Waals surface area contributed by atoms with E-state index in [1.165, 1.54) is 12.1 Å². The van der Waals surface area contributed by atoms with Crippen molar-refractivity contribution >= 4 is 17.4 Å². The third-order valence-corrected chi connectivity index (χ3v) is 6.20. The minimum atomic E-state index is -0.644. The topological polar surface area (TPSA) is 53.1 Å². The van der Waals surface area contributed by atoms with Crippen molar-refractivity contribution in [2.45, 2.75) is 44.8 Å². The number of piperazine rings is 1. The number of benzene rings is 1. The van der Waals surface area contributed by atoms with Crippen molar-refractivity contribution in [3.63, 3.8) is 0 Å². The van der Waals surface area contributed by atoms with Crippen LogP contribution in [0.25, 0.3) is 0 Å². The number of hydrogen-bond donors (Lipinski definition) is 0. The molecule has 0 radical (unpaired) electrons. The van der Waals surface area contributed by atoms with Gasteiger partial charge in [-0.25, -0.2) is 4.39 Å². The summed E-state index contributed by atoms with van der Waals surface area (Å²) in [4.78, 5) is 31.3. The molecule has 1 atom stereocenters. The summed E-state index contributed by atoms with van der Waals surface area (Å²) < 4.78 is 19.9. The first-order valence-electron chi connectivity index (χ1n) is 10.8. The number of piperidine rings is 1. The number of anilines is 1. The molecule has 1 amide bonds.